The van der Waals surface area contributed by atoms with Gasteiger partial charge in [-0.2, -0.15) is 0 Å². The molecule has 0 N–H and O–H groups in total. The van der Waals surface area contributed by atoms with E-state index in [9.17, 15) is 4.79 Å². The highest BCUT2D eigenvalue weighted by Crippen LogP contribution is 2.24. The van der Waals surface area contributed by atoms with Crippen LogP contribution in [0.2, 0.25) is 0 Å². The van der Waals surface area contributed by atoms with Crippen molar-refractivity contribution in [2.45, 2.75) is 51.5 Å². The van der Waals surface area contributed by atoms with E-state index >= 15 is 0 Å². The lowest BCUT2D eigenvalue weighted by atomic mass is 10.1. The first kappa shape index (κ1) is 14.8. The van der Waals surface area contributed by atoms with Crippen LogP contribution < -0.4 is 0 Å². The van der Waals surface area contributed by atoms with Crippen LogP contribution in [0.1, 0.15) is 54.4 Å². The standard InChI is InChI=1S/C16H22INO/c1-12-8-7-11-14(15(12)17)16(19)18(2)13-9-5-3-4-6-10-13/h7-8,11,13H,3-6,9-10H2,1-2H3. The molecule has 1 aromatic carbocycles. The Bertz CT molecular complexity index is 450. The average Bonchev–Trinajstić information content (AvgIpc) is 2.69. The summed E-state index contributed by atoms with van der Waals surface area (Å²) in [5.41, 5.74) is 2.04. The third-order valence-electron chi connectivity index (χ3n) is 4.11. The van der Waals surface area contributed by atoms with E-state index in [0.29, 0.717) is 6.04 Å². The van der Waals surface area contributed by atoms with E-state index in [2.05, 4.69) is 35.6 Å². The molecule has 19 heavy (non-hydrogen) atoms. The first-order chi connectivity index (χ1) is 9.11. The van der Waals surface area contributed by atoms with Gasteiger partial charge in [0.05, 0.1) is 5.56 Å². The van der Waals surface area contributed by atoms with E-state index in [1.807, 2.05) is 24.1 Å². The predicted octanol–water partition coefficient (Wildman–Crippen LogP) is 4.39. The summed E-state index contributed by atoms with van der Waals surface area (Å²) >= 11 is 2.28. The molecule has 0 bridgehead atoms. The second-order valence-corrected chi connectivity index (χ2v) is 6.58. The Morgan fingerprint density at radius 3 is 2.47 bits per heavy atom. The van der Waals surface area contributed by atoms with Crippen molar-refractivity contribution in [2.75, 3.05) is 7.05 Å². The number of carbonyl (C=O) groups excluding carboxylic acids is 1. The lowest BCUT2D eigenvalue weighted by Gasteiger charge is -2.27. The van der Waals surface area contributed by atoms with Crippen LogP contribution in [0.5, 0.6) is 0 Å². The van der Waals surface area contributed by atoms with Crippen molar-refractivity contribution in [3.63, 3.8) is 0 Å². The second-order valence-electron chi connectivity index (χ2n) is 5.50. The zero-order valence-electron chi connectivity index (χ0n) is 11.8. The van der Waals surface area contributed by atoms with E-state index in [4.69, 9.17) is 0 Å². The number of carbonyl (C=O) groups is 1. The van der Waals surface area contributed by atoms with Crippen molar-refractivity contribution in [3.8, 4) is 0 Å². The van der Waals surface area contributed by atoms with Gasteiger partial charge in [0.1, 0.15) is 0 Å². The van der Waals surface area contributed by atoms with Crippen LogP contribution in [-0.4, -0.2) is 23.9 Å². The lowest BCUT2D eigenvalue weighted by Crippen LogP contribution is -2.37. The van der Waals surface area contributed by atoms with Crippen LogP contribution >= 0.6 is 22.6 Å². The summed E-state index contributed by atoms with van der Waals surface area (Å²) in [6.07, 6.45) is 7.47. The summed E-state index contributed by atoms with van der Waals surface area (Å²) in [6.45, 7) is 2.06. The van der Waals surface area contributed by atoms with Gasteiger partial charge in [0.2, 0.25) is 0 Å². The highest BCUT2D eigenvalue weighted by atomic mass is 127. The van der Waals surface area contributed by atoms with Gasteiger partial charge in [-0.1, -0.05) is 37.8 Å². The second kappa shape index (κ2) is 6.73. The number of aryl methyl sites for hydroxylation is 1. The molecule has 0 heterocycles. The molecule has 0 aromatic heterocycles. The molecule has 1 aromatic rings. The number of halogens is 1. The van der Waals surface area contributed by atoms with Gasteiger partial charge in [-0.25, -0.2) is 0 Å². The van der Waals surface area contributed by atoms with Crippen molar-refractivity contribution >= 4 is 28.5 Å². The first-order valence-electron chi connectivity index (χ1n) is 7.13. The lowest BCUT2D eigenvalue weighted by molar-refractivity contribution is 0.0716. The molecule has 1 amide bonds. The Morgan fingerprint density at radius 1 is 1.21 bits per heavy atom. The van der Waals surface area contributed by atoms with Crippen molar-refractivity contribution in [1.29, 1.82) is 0 Å². The molecule has 1 aliphatic carbocycles. The molecule has 2 rings (SSSR count). The molecular weight excluding hydrogens is 349 g/mol. The number of hydrogen-bond acceptors (Lipinski definition) is 1. The molecule has 2 nitrogen and oxygen atoms in total. The van der Waals surface area contributed by atoms with Crippen LogP contribution in [0, 0.1) is 10.5 Å². The number of rotatable bonds is 2. The van der Waals surface area contributed by atoms with Crippen molar-refractivity contribution in [3.05, 3.63) is 32.9 Å². The minimum Gasteiger partial charge on any atom is -0.339 e. The van der Waals surface area contributed by atoms with Crippen molar-refractivity contribution in [2.24, 2.45) is 0 Å². The SMILES string of the molecule is Cc1cccc(C(=O)N(C)C2CCCCCC2)c1I. The Balaban J connectivity index is 2.15. The van der Waals surface area contributed by atoms with Crippen LogP contribution in [0.15, 0.2) is 18.2 Å². The third kappa shape index (κ3) is 3.50. The molecule has 1 aliphatic rings. The summed E-state index contributed by atoms with van der Waals surface area (Å²) in [7, 11) is 1.97. The molecule has 0 atom stereocenters. The fourth-order valence-corrected chi connectivity index (χ4v) is 3.40. The summed E-state index contributed by atoms with van der Waals surface area (Å²) < 4.78 is 1.09. The molecule has 104 valence electrons. The smallest absolute Gasteiger partial charge is 0.254 e. The molecule has 0 saturated heterocycles. The summed E-state index contributed by atoms with van der Waals surface area (Å²) in [5, 5.41) is 0. The van der Waals surface area contributed by atoms with E-state index < -0.39 is 0 Å². The zero-order chi connectivity index (χ0) is 13.8. The third-order valence-corrected chi connectivity index (χ3v) is 5.55. The first-order valence-corrected chi connectivity index (χ1v) is 8.21. The Kier molecular flexibility index (Phi) is 5.25. The van der Waals surface area contributed by atoms with E-state index in [1.165, 1.54) is 31.2 Å². The monoisotopic (exact) mass is 371 g/mol. The van der Waals surface area contributed by atoms with Gasteiger partial charge in [0, 0.05) is 16.7 Å². The predicted molar refractivity (Wildman–Crippen MR) is 87.5 cm³/mol. The van der Waals surface area contributed by atoms with Gasteiger partial charge < -0.3 is 4.90 Å². The van der Waals surface area contributed by atoms with Crippen LogP contribution in [0.25, 0.3) is 0 Å². The fraction of sp³-hybridized carbons (Fsp3) is 0.562. The Morgan fingerprint density at radius 2 is 1.84 bits per heavy atom. The Hall–Kier alpha value is -0.580. The van der Waals surface area contributed by atoms with Gasteiger partial charge >= 0.3 is 0 Å². The van der Waals surface area contributed by atoms with E-state index in [1.54, 1.807) is 0 Å². The number of nitrogens with zero attached hydrogens (tertiary/aromatic N) is 1. The molecule has 0 aliphatic heterocycles. The summed E-state index contributed by atoms with van der Waals surface area (Å²) in [5.74, 6) is 0.181. The van der Waals surface area contributed by atoms with Crippen molar-refractivity contribution in [1.82, 2.24) is 4.90 Å². The maximum atomic E-state index is 12.7. The number of amides is 1. The van der Waals surface area contributed by atoms with Gasteiger partial charge in [0.15, 0.2) is 0 Å². The molecule has 1 fully saturated rings. The maximum absolute atomic E-state index is 12.7. The van der Waals surface area contributed by atoms with E-state index in [0.717, 1.165) is 22.0 Å². The molecular formula is C16H22INO. The molecule has 3 heteroatoms. The molecule has 0 spiro atoms. The van der Waals surface area contributed by atoms with Gasteiger partial charge in [-0.3, -0.25) is 4.79 Å². The van der Waals surface area contributed by atoms with Crippen LogP contribution in [0.4, 0.5) is 0 Å². The minimum atomic E-state index is 0.181. The largest absolute Gasteiger partial charge is 0.339 e. The minimum absolute atomic E-state index is 0.181. The number of hydrogen-bond donors (Lipinski definition) is 0. The van der Waals surface area contributed by atoms with Gasteiger partial charge in [0.25, 0.3) is 5.91 Å². The number of benzene rings is 1. The molecule has 1 saturated carbocycles. The fourth-order valence-electron chi connectivity index (χ4n) is 2.81. The topological polar surface area (TPSA) is 20.3 Å². The van der Waals surface area contributed by atoms with Gasteiger partial charge in [-0.05, 0) is 54.0 Å². The maximum Gasteiger partial charge on any atom is 0.254 e. The molecule has 0 unspecified atom stereocenters. The highest BCUT2D eigenvalue weighted by Gasteiger charge is 2.23. The summed E-state index contributed by atoms with van der Waals surface area (Å²) in [6, 6.07) is 6.41. The van der Waals surface area contributed by atoms with Crippen LogP contribution in [-0.2, 0) is 0 Å². The normalized spacial score (nSPS) is 17.0. The van der Waals surface area contributed by atoms with Crippen LogP contribution in [0.3, 0.4) is 0 Å². The van der Waals surface area contributed by atoms with Gasteiger partial charge in [-0.15, -0.1) is 0 Å². The van der Waals surface area contributed by atoms with E-state index in [-0.39, 0.29) is 5.91 Å². The quantitative estimate of drug-likeness (QED) is 0.558. The Labute approximate surface area is 129 Å². The highest BCUT2D eigenvalue weighted by molar-refractivity contribution is 14.1. The molecule has 0 radical (unpaired) electrons. The zero-order valence-corrected chi connectivity index (χ0v) is 13.9. The summed E-state index contributed by atoms with van der Waals surface area (Å²) in [4.78, 5) is 14.6. The van der Waals surface area contributed by atoms with Crippen molar-refractivity contribution < 1.29 is 4.79 Å². The average molecular weight is 371 g/mol.